The molecule has 1 aromatic carbocycles. The Labute approximate surface area is 116 Å². The maximum Gasteiger partial charge on any atom is 0.137 e. The van der Waals surface area contributed by atoms with Gasteiger partial charge in [0.25, 0.3) is 0 Å². The fourth-order valence-electron chi connectivity index (χ4n) is 2.29. The largest absolute Gasteiger partial charge is 0.459 e. The zero-order valence-corrected chi connectivity index (χ0v) is 12.0. The van der Waals surface area contributed by atoms with E-state index < -0.39 is 0 Å². The predicted octanol–water partition coefficient (Wildman–Crippen LogP) is 3.59. The van der Waals surface area contributed by atoms with E-state index in [0.29, 0.717) is 5.25 Å². The molecule has 1 aliphatic rings. The molecule has 0 radical (unpaired) electrons. The van der Waals surface area contributed by atoms with Gasteiger partial charge in [-0.25, -0.2) is 0 Å². The van der Waals surface area contributed by atoms with Gasteiger partial charge in [0.15, 0.2) is 0 Å². The van der Waals surface area contributed by atoms with E-state index in [-0.39, 0.29) is 6.04 Å². The molecule has 2 heterocycles. The SMILES string of the molecule is Cc1cccc2cc(C(N)C3CSCCS3)oc12. The van der Waals surface area contributed by atoms with E-state index >= 15 is 0 Å². The third-order valence-corrected chi connectivity index (χ3v) is 6.22. The van der Waals surface area contributed by atoms with E-state index in [2.05, 4.69) is 31.2 Å². The van der Waals surface area contributed by atoms with Gasteiger partial charge in [0.1, 0.15) is 11.3 Å². The van der Waals surface area contributed by atoms with Gasteiger partial charge in [-0.3, -0.25) is 0 Å². The van der Waals surface area contributed by atoms with Crippen molar-refractivity contribution in [3.05, 3.63) is 35.6 Å². The second kappa shape index (κ2) is 5.19. The number of rotatable bonds is 2. The molecule has 18 heavy (non-hydrogen) atoms. The average molecular weight is 279 g/mol. The van der Waals surface area contributed by atoms with Gasteiger partial charge >= 0.3 is 0 Å². The van der Waals surface area contributed by atoms with Gasteiger partial charge in [-0.2, -0.15) is 23.5 Å². The highest BCUT2D eigenvalue weighted by Crippen LogP contribution is 2.34. The summed E-state index contributed by atoms with van der Waals surface area (Å²) in [6.45, 7) is 2.08. The molecule has 2 N–H and O–H groups in total. The van der Waals surface area contributed by atoms with Crippen LogP contribution < -0.4 is 5.73 Å². The molecule has 2 atom stereocenters. The number of hydrogen-bond donors (Lipinski definition) is 1. The minimum atomic E-state index is 0.00889. The van der Waals surface area contributed by atoms with E-state index in [1.165, 1.54) is 17.1 Å². The molecule has 4 heteroatoms. The van der Waals surface area contributed by atoms with Crippen molar-refractivity contribution in [2.45, 2.75) is 18.2 Å². The van der Waals surface area contributed by atoms with Crippen molar-refractivity contribution in [3.63, 3.8) is 0 Å². The van der Waals surface area contributed by atoms with Crippen LogP contribution in [0.3, 0.4) is 0 Å². The van der Waals surface area contributed by atoms with Crippen LogP contribution in [-0.4, -0.2) is 22.5 Å². The van der Waals surface area contributed by atoms with Crippen molar-refractivity contribution in [2.24, 2.45) is 5.73 Å². The molecule has 2 unspecified atom stereocenters. The van der Waals surface area contributed by atoms with Crippen LogP contribution in [0.15, 0.2) is 28.7 Å². The van der Waals surface area contributed by atoms with Crippen LogP contribution in [-0.2, 0) is 0 Å². The summed E-state index contributed by atoms with van der Waals surface area (Å²) < 4.78 is 5.97. The van der Waals surface area contributed by atoms with Crippen LogP contribution in [0.4, 0.5) is 0 Å². The third kappa shape index (κ3) is 2.29. The van der Waals surface area contributed by atoms with Crippen molar-refractivity contribution < 1.29 is 4.42 Å². The fourth-order valence-corrected chi connectivity index (χ4v) is 5.07. The van der Waals surface area contributed by atoms with Crippen LogP contribution in [0.25, 0.3) is 11.0 Å². The van der Waals surface area contributed by atoms with Gasteiger partial charge in [-0.1, -0.05) is 18.2 Å². The number of benzene rings is 1. The number of hydrogen-bond acceptors (Lipinski definition) is 4. The topological polar surface area (TPSA) is 39.2 Å². The first-order valence-corrected chi connectivity index (χ1v) is 8.40. The van der Waals surface area contributed by atoms with Crippen LogP contribution in [0.5, 0.6) is 0 Å². The summed E-state index contributed by atoms with van der Waals surface area (Å²) in [5.41, 5.74) is 8.52. The Bertz CT molecular complexity index is 546. The first-order valence-electron chi connectivity index (χ1n) is 6.19. The summed E-state index contributed by atoms with van der Waals surface area (Å²) >= 11 is 3.97. The normalized spacial score (nSPS) is 22.2. The summed E-state index contributed by atoms with van der Waals surface area (Å²) in [5.74, 6) is 4.50. The highest BCUT2D eigenvalue weighted by atomic mass is 32.2. The zero-order chi connectivity index (χ0) is 12.5. The molecule has 96 valence electrons. The fraction of sp³-hybridized carbons (Fsp3) is 0.429. The number of fused-ring (bicyclic) bond motifs is 1. The number of aryl methyl sites for hydroxylation is 1. The van der Waals surface area contributed by atoms with Gasteiger partial charge in [0, 0.05) is 27.9 Å². The quantitative estimate of drug-likeness (QED) is 0.912. The number of furan rings is 1. The molecule has 1 fully saturated rings. The molecule has 0 bridgehead atoms. The summed E-state index contributed by atoms with van der Waals surface area (Å²) in [6.07, 6.45) is 0. The molecule has 1 aromatic heterocycles. The lowest BCUT2D eigenvalue weighted by molar-refractivity contribution is 0.493. The number of nitrogens with two attached hydrogens (primary N) is 1. The molecule has 3 rings (SSSR count). The lowest BCUT2D eigenvalue weighted by Crippen LogP contribution is -2.28. The summed E-state index contributed by atoms with van der Waals surface area (Å²) in [4.78, 5) is 0. The van der Waals surface area contributed by atoms with E-state index in [1.54, 1.807) is 0 Å². The van der Waals surface area contributed by atoms with E-state index in [4.69, 9.17) is 10.2 Å². The maximum absolute atomic E-state index is 6.36. The van der Waals surface area contributed by atoms with Crippen molar-refractivity contribution in [1.82, 2.24) is 0 Å². The molecular formula is C14H17NOS2. The Balaban J connectivity index is 1.91. The Kier molecular flexibility index (Phi) is 3.59. The Morgan fingerprint density at radius 3 is 3.00 bits per heavy atom. The van der Waals surface area contributed by atoms with Crippen LogP contribution >= 0.6 is 23.5 Å². The smallest absolute Gasteiger partial charge is 0.137 e. The second-order valence-electron chi connectivity index (χ2n) is 4.65. The summed E-state index contributed by atoms with van der Waals surface area (Å²) in [7, 11) is 0. The molecule has 0 amide bonds. The minimum Gasteiger partial charge on any atom is -0.459 e. The van der Waals surface area contributed by atoms with E-state index in [1.807, 2.05) is 23.5 Å². The van der Waals surface area contributed by atoms with Crippen molar-refractivity contribution in [3.8, 4) is 0 Å². The summed E-state index contributed by atoms with van der Waals surface area (Å²) in [5, 5.41) is 1.64. The lowest BCUT2D eigenvalue weighted by Gasteiger charge is -2.25. The second-order valence-corrected chi connectivity index (χ2v) is 7.15. The first kappa shape index (κ1) is 12.5. The molecule has 1 saturated heterocycles. The minimum absolute atomic E-state index is 0.00889. The Morgan fingerprint density at radius 2 is 2.28 bits per heavy atom. The van der Waals surface area contributed by atoms with Gasteiger partial charge in [0.05, 0.1) is 6.04 Å². The van der Waals surface area contributed by atoms with E-state index in [9.17, 15) is 0 Å². The van der Waals surface area contributed by atoms with Crippen molar-refractivity contribution >= 4 is 34.5 Å². The molecule has 2 nitrogen and oxygen atoms in total. The molecule has 1 aliphatic heterocycles. The van der Waals surface area contributed by atoms with Crippen LogP contribution in [0, 0.1) is 6.92 Å². The first-order chi connectivity index (χ1) is 8.75. The summed E-state index contributed by atoms with van der Waals surface area (Å²) in [6, 6.07) is 8.34. The van der Waals surface area contributed by atoms with Crippen LogP contribution in [0.2, 0.25) is 0 Å². The van der Waals surface area contributed by atoms with Gasteiger partial charge in [0.2, 0.25) is 0 Å². The highest BCUT2D eigenvalue weighted by molar-refractivity contribution is 8.06. The van der Waals surface area contributed by atoms with Crippen molar-refractivity contribution in [1.29, 1.82) is 0 Å². The Hall–Kier alpha value is -0.580. The maximum atomic E-state index is 6.36. The molecule has 0 saturated carbocycles. The number of thioether (sulfide) groups is 2. The van der Waals surface area contributed by atoms with Gasteiger partial charge < -0.3 is 10.2 Å². The average Bonchev–Trinajstić information content (AvgIpc) is 2.84. The lowest BCUT2D eigenvalue weighted by atomic mass is 10.1. The van der Waals surface area contributed by atoms with Crippen molar-refractivity contribution in [2.75, 3.05) is 17.3 Å². The van der Waals surface area contributed by atoms with E-state index in [0.717, 1.165) is 22.5 Å². The zero-order valence-electron chi connectivity index (χ0n) is 10.4. The van der Waals surface area contributed by atoms with Gasteiger partial charge in [-0.15, -0.1) is 0 Å². The van der Waals surface area contributed by atoms with Gasteiger partial charge in [-0.05, 0) is 18.6 Å². The Morgan fingerprint density at radius 1 is 1.39 bits per heavy atom. The standard InChI is InChI=1S/C14H17NOS2/c1-9-3-2-4-10-7-11(16-14(9)10)13(15)12-8-17-5-6-18-12/h2-4,7,12-13H,5-6,8,15H2,1H3. The highest BCUT2D eigenvalue weighted by Gasteiger charge is 2.25. The third-order valence-electron chi connectivity index (χ3n) is 3.33. The molecule has 0 spiro atoms. The molecule has 2 aromatic rings. The predicted molar refractivity (Wildman–Crippen MR) is 81.5 cm³/mol. The van der Waals surface area contributed by atoms with Crippen LogP contribution in [0.1, 0.15) is 17.4 Å². The number of para-hydroxylation sites is 1. The molecular weight excluding hydrogens is 262 g/mol. The monoisotopic (exact) mass is 279 g/mol. The molecule has 0 aliphatic carbocycles.